The Morgan fingerprint density at radius 1 is 1.14 bits per heavy atom. The zero-order valence-electron chi connectivity index (χ0n) is 19.4. The van der Waals surface area contributed by atoms with Crippen LogP contribution in [0.5, 0.6) is 0 Å². The number of sulfonamides is 1. The van der Waals surface area contributed by atoms with E-state index in [0.29, 0.717) is 6.54 Å². The van der Waals surface area contributed by atoms with Crippen molar-refractivity contribution >= 4 is 26.9 Å². The molecule has 0 bridgehead atoms. The maximum Gasteiger partial charge on any atom is 0.420 e. The Hall–Kier alpha value is -4.01. The molecular formula is C25H22F2N4O4S. The number of fused-ring (bicyclic) bond motifs is 1. The summed E-state index contributed by atoms with van der Waals surface area (Å²) in [6, 6.07) is 12.0. The van der Waals surface area contributed by atoms with Gasteiger partial charge in [-0.15, -0.1) is 0 Å². The Kier molecular flexibility index (Phi) is 7.19. The van der Waals surface area contributed by atoms with Crippen LogP contribution in [0.25, 0.3) is 11.1 Å². The Morgan fingerprint density at radius 2 is 1.92 bits per heavy atom. The molecule has 2 heterocycles. The van der Waals surface area contributed by atoms with Crippen LogP contribution in [-0.4, -0.2) is 31.1 Å². The number of hydrogen-bond donors (Lipinski definition) is 2. The first-order valence-electron chi connectivity index (χ1n) is 11.0. The molecule has 0 radical (unpaired) electrons. The fourth-order valence-corrected chi connectivity index (χ4v) is 4.70. The molecule has 1 atom stereocenters. The van der Waals surface area contributed by atoms with Gasteiger partial charge in [-0.25, -0.2) is 22.6 Å². The Labute approximate surface area is 206 Å². The van der Waals surface area contributed by atoms with Crippen LogP contribution in [0, 0.1) is 23.6 Å². The van der Waals surface area contributed by atoms with Crippen molar-refractivity contribution in [3.8, 4) is 11.8 Å². The summed E-state index contributed by atoms with van der Waals surface area (Å²) in [4.78, 5) is 15.3. The third-order valence-corrected chi connectivity index (χ3v) is 6.73. The molecule has 0 saturated heterocycles. The minimum Gasteiger partial charge on any atom is -0.408 e. The summed E-state index contributed by atoms with van der Waals surface area (Å²) < 4.78 is 62.3. The van der Waals surface area contributed by atoms with Crippen molar-refractivity contribution in [2.24, 2.45) is 0 Å². The first-order valence-corrected chi connectivity index (χ1v) is 12.5. The Morgan fingerprint density at radius 3 is 2.67 bits per heavy atom. The third kappa shape index (κ3) is 5.30. The molecule has 2 aromatic carbocycles. The van der Waals surface area contributed by atoms with Gasteiger partial charge in [0, 0.05) is 17.7 Å². The van der Waals surface area contributed by atoms with E-state index >= 15 is 4.39 Å². The number of nitrogens with one attached hydrogen (secondary N) is 2. The molecule has 0 aliphatic carbocycles. The van der Waals surface area contributed by atoms with Crippen LogP contribution in [-0.2, 0) is 10.0 Å². The van der Waals surface area contributed by atoms with E-state index in [4.69, 9.17) is 4.42 Å². The molecule has 186 valence electrons. The van der Waals surface area contributed by atoms with Gasteiger partial charge in [0.2, 0.25) is 5.95 Å². The number of benzene rings is 2. The summed E-state index contributed by atoms with van der Waals surface area (Å²) in [5, 5.41) is 3.11. The van der Waals surface area contributed by atoms with Gasteiger partial charge in [-0.1, -0.05) is 37.0 Å². The first-order chi connectivity index (χ1) is 17.2. The van der Waals surface area contributed by atoms with Crippen molar-refractivity contribution in [3.05, 3.63) is 88.0 Å². The molecule has 4 aromatic rings. The van der Waals surface area contributed by atoms with E-state index in [1.54, 1.807) is 19.1 Å². The van der Waals surface area contributed by atoms with Gasteiger partial charge in [-0.3, -0.25) is 9.29 Å². The van der Waals surface area contributed by atoms with Crippen LogP contribution in [0.15, 0.2) is 68.7 Å². The van der Waals surface area contributed by atoms with E-state index < -0.39 is 38.5 Å². The summed E-state index contributed by atoms with van der Waals surface area (Å²) >= 11 is 0. The van der Waals surface area contributed by atoms with Crippen LogP contribution in [0.2, 0.25) is 0 Å². The number of nitrogens with zero attached hydrogens (tertiary/aromatic N) is 2. The summed E-state index contributed by atoms with van der Waals surface area (Å²) in [5.41, 5.74) is 1.43. The Balaban J connectivity index is 1.70. The van der Waals surface area contributed by atoms with Crippen molar-refractivity contribution < 1.29 is 21.6 Å². The number of halogens is 2. The van der Waals surface area contributed by atoms with Gasteiger partial charge in [0.1, 0.15) is 16.5 Å². The number of oxazole rings is 1. The molecule has 0 aliphatic heterocycles. The maximum absolute atomic E-state index is 15.0. The third-order valence-electron chi connectivity index (χ3n) is 5.36. The molecule has 2 aromatic heterocycles. The molecule has 1 unspecified atom stereocenters. The van der Waals surface area contributed by atoms with Crippen LogP contribution >= 0.6 is 0 Å². The minimum atomic E-state index is -4.49. The second kappa shape index (κ2) is 10.3. The second-order valence-electron chi connectivity index (χ2n) is 7.82. The fraction of sp³-hybridized carbons (Fsp3) is 0.200. The van der Waals surface area contributed by atoms with Crippen molar-refractivity contribution in [2.45, 2.75) is 24.8 Å². The van der Waals surface area contributed by atoms with Crippen LogP contribution in [0.1, 0.15) is 31.0 Å². The highest BCUT2D eigenvalue weighted by atomic mass is 32.2. The van der Waals surface area contributed by atoms with E-state index in [-0.39, 0.29) is 16.9 Å². The minimum absolute atomic E-state index is 0.0801. The predicted octanol–water partition coefficient (Wildman–Crippen LogP) is 3.64. The summed E-state index contributed by atoms with van der Waals surface area (Å²) in [5.74, 6) is 2.92. The molecule has 0 fully saturated rings. The zero-order chi connectivity index (χ0) is 25.9. The van der Waals surface area contributed by atoms with Crippen molar-refractivity contribution in [3.63, 3.8) is 0 Å². The summed E-state index contributed by atoms with van der Waals surface area (Å²) in [6.45, 7) is 5.06. The quantitative estimate of drug-likeness (QED) is 0.223. The van der Waals surface area contributed by atoms with Crippen LogP contribution in [0.3, 0.4) is 0 Å². The number of pyridine rings is 1. The largest absolute Gasteiger partial charge is 0.420 e. The normalized spacial score (nSPS) is 12.2. The Bertz CT molecular complexity index is 1650. The molecule has 4 rings (SSSR count). The van der Waals surface area contributed by atoms with Crippen molar-refractivity contribution in [1.82, 2.24) is 14.9 Å². The summed E-state index contributed by atoms with van der Waals surface area (Å²) in [6.07, 6.45) is 0. The molecule has 11 heteroatoms. The molecule has 0 saturated carbocycles. The lowest BCUT2D eigenvalue weighted by Crippen LogP contribution is -2.19. The number of rotatable bonds is 7. The van der Waals surface area contributed by atoms with E-state index in [9.17, 15) is 17.6 Å². The van der Waals surface area contributed by atoms with E-state index in [1.807, 2.05) is 23.8 Å². The van der Waals surface area contributed by atoms with E-state index in [1.165, 1.54) is 16.7 Å². The highest BCUT2D eigenvalue weighted by Gasteiger charge is 2.25. The summed E-state index contributed by atoms with van der Waals surface area (Å²) in [7, 11) is -4.49. The lowest BCUT2D eigenvalue weighted by Gasteiger charge is -2.14. The monoisotopic (exact) mass is 512 g/mol. The second-order valence-corrected chi connectivity index (χ2v) is 9.47. The predicted molar refractivity (Wildman–Crippen MR) is 131 cm³/mol. The average molecular weight is 513 g/mol. The molecule has 36 heavy (non-hydrogen) atoms. The molecule has 8 nitrogen and oxygen atoms in total. The molecule has 2 N–H and O–H groups in total. The van der Waals surface area contributed by atoms with Crippen LogP contribution in [0.4, 0.5) is 14.6 Å². The highest BCUT2D eigenvalue weighted by Crippen LogP contribution is 2.28. The van der Waals surface area contributed by atoms with Gasteiger partial charge in [-0.05, 0) is 43.3 Å². The van der Waals surface area contributed by atoms with E-state index in [2.05, 4.69) is 22.1 Å². The maximum atomic E-state index is 15.0. The molecule has 0 spiro atoms. The van der Waals surface area contributed by atoms with Crippen molar-refractivity contribution in [1.29, 1.82) is 0 Å². The number of anilines is 1. The average Bonchev–Trinajstić information content (AvgIpc) is 3.15. The number of hydrogen-bond acceptors (Lipinski definition) is 6. The smallest absolute Gasteiger partial charge is 0.408 e. The molecular weight excluding hydrogens is 490 g/mol. The fourth-order valence-electron chi connectivity index (χ4n) is 3.63. The van der Waals surface area contributed by atoms with Gasteiger partial charge in [0.15, 0.2) is 5.58 Å². The van der Waals surface area contributed by atoms with Gasteiger partial charge in [0.05, 0.1) is 18.1 Å². The topological polar surface area (TPSA) is 106 Å². The SMILES string of the molecule is CCNCC#Cc1cccc(C(C)n2c(=O)oc3cc(S(=O)(=O)Nc4cccc(F)n4)c(F)cc32)c1. The molecule has 0 aliphatic rings. The van der Waals surface area contributed by atoms with Gasteiger partial charge in [0.25, 0.3) is 10.0 Å². The van der Waals surface area contributed by atoms with Gasteiger partial charge < -0.3 is 9.73 Å². The van der Waals surface area contributed by atoms with Crippen molar-refractivity contribution in [2.75, 3.05) is 17.8 Å². The van der Waals surface area contributed by atoms with Gasteiger partial charge >= 0.3 is 5.76 Å². The van der Waals surface area contributed by atoms with Crippen LogP contribution < -0.4 is 15.8 Å². The lowest BCUT2D eigenvalue weighted by atomic mass is 10.0. The van der Waals surface area contributed by atoms with E-state index in [0.717, 1.165) is 35.9 Å². The first kappa shape index (κ1) is 25.1. The van der Waals surface area contributed by atoms with Gasteiger partial charge in [-0.2, -0.15) is 4.39 Å². The molecule has 0 amide bonds. The highest BCUT2D eigenvalue weighted by molar-refractivity contribution is 7.92. The standard InChI is InChI=1S/C25H22F2N4O4S/c1-3-28-12-6-8-17-7-4-9-18(13-17)16(2)31-20-14-19(26)22(15-21(20)35-25(31)32)36(33,34)30-24-11-5-10-23(27)29-24/h4-5,7,9-11,13-16,28H,3,12H2,1-2H3,(H,29,30). The zero-order valence-corrected chi connectivity index (χ0v) is 20.2. The lowest BCUT2D eigenvalue weighted by molar-refractivity contribution is 0.489. The number of aromatic nitrogens is 2.